The van der Waals surface area contributed by atoms with Gasteiger partial charge in [0.05, 0.1) is 0 Å². The molecule has 1 aromatic rings. The summed E-state index contributed by atoms with van der Waals surface area (Å²) in [4.78, 5) is 18.3. The molecule has 0 unspecified atom stereocenters. The Morgan fingerprint density at radius 2 is 2.11 bits per heavy atom. The number of carbonyl (C=O) groups excluding carboxylic acids is 1. The molecular formula is C14H20ClN3O. The van der Waals surface area contributed by atoms with Gasteiger partial charge in [0, 0.05) is 12.1 Å². The third kappa shape index (κ3) is 3.25. The van der Waals surface area contributed by atoms with Crippen LogP contribution in [-0.4, -0.2) is 42.0 Å². The number of pyridine rings is 1. The summed E-state index contributed by atoms with van der Waals surface area (Å²) in [5, 5.41) is 3.33. The van der Waals surface area contributed by atoms with E-state index in [4.69, 9.17) is 11.6 Å². The average Bonchev–Trinajstić information content (AvgIpc) is 2.86. The Bertz CT molecular complexity index is 456. The Hall–Kier alpha value is -1.13. The predicted octanol–water partition coefficient (Wildman–Crippen LogP) is 2.34. The number of nitrogens with zero attached hydrogens (tertiary/aromatic N) is 2. The van der Waals surface area contributed by atoms with Crippen molar-refractivity contribution in [3.05, 3.63) is 29.0 Å². The van der Waals surface area contributed by atoms with Crippen molar-refractivity contribution in [1.29, 1.82) is 0 Å². The molecule has 1 N–H and O–H groups in total. The highest BCUT2D eigenvalue weighted by molar-refractivity contribution is 6.29. The highest BCUT2D eigenvalue weighted by Crippen LogP contribution is 2.33. The fourth-order valence-corrected chi connectivity index (χ4v) is 2.85. The van der Waals surface area contributed by atoms with Crippen LogP contribution in [0.1, 0.15) is 36.2 Å². The third-order valence-electron chi connectivity index (χ3n) is 4.01. The maximum atomic E-state index is 12.1. The van der Waals surface area contributed by atoms with Gasteiger partial charge in [-0.05, 0) is 39.1 Å². The highest BCUT2D eigenvalue weighted by atomic mass is 35.5. The van der Waals surface area contributed by atoms with Crippen molar-refractivity contribution in [2.45, 2.75) is 31.2 Å². The molecule has 1 aliphatic rings. The number of halogens is 1. The Balaban J connectivity index is 2.00. The summed E-state index contributed by atoms with van der Waals surface area (Å²) >= 11 is 5.79. The molecule has 104 valence electrons. The molecule has 0 radical (unpaired) electrons. The van der Waals surface area contributed by atoms with Crippen molar-refractivity contribution in [2.75, 3.05) is 20.6 Å². The molecule has 0 atom stereocenters. The van der Waals surface area contributed by atoms with Gasteiger partial charge in [0.15, 0.2) is 0 Å². The minimum atomic E-state index is -0.157. The van der Waals surface area contributed by atoms with Gasteiger partial charge in [-0.1, -0.05) is 30.5 Å². The molecule has 1 amide bonds. The van der Waals surface area contributed by atoms with E-state index in [0.29, 0.717) is 17.4 Å². The number of nitrogens with one attached hydrogen (secondary N) is 1. The van der Waals surface area contributed by atoms with Crippen LogP contribution in [0.2, 0.25) is 5.15 Å². The smallest absolute Gasteiger partial charge is 0.270 e. The number of amides is 1. The molecule has 19 heavy (non-hydrogen) atoms. The van der Waals surface area contributed by atoms with Gasteiger partial charge in [-0.25, -0.2) is 4.98 Å². The van der Waals surface area contributed by atoms with E-state index in [9.17, 15) is 4.79 Å². The lowest BCUT2D eigenvalue weighted by Crippen LogP contribution is -2.50. The zero-order valence-corrected chi connectivity index (χ0v) is 12.2. The molecule has 1 heterocycles. The van der Waals surface area contributed by atoms with Gasteiger partial charge in [-0.2, -0.15) is 0 Å². The zero-order chi connectivity index (χ0) is 13.9. The second kappa shape index (κ2) is 5.88. The molecule has 0 spiro atoms. The van der Waals surface area contributed by atoms with Crippen LogP contribution in [0, 0.1) is 0 Å². The molecule has 0 aromatic carbocycles. The fourth-order valence-electron chi connectivity index (χ4n) is 2.69. The lowest BCUT2D eigenvalue weighted by molar-refractivity contribution is 0.0895. The molecular weight excluding hydrogens is 262 g/mol. The largest absolute Gasteiger partial charge is 0.349 e. The van der Waals surface area contributed by atoms with E-state index < -0.39 is 0 Å². The van der Waals surface area contributed by atoms with Crippen LogP contribution in [0.5, 0.6) is 0 Å². The van der Waals surface area contributed by atoms with Gasteiger partial charge in [-0.15, -0.1) is 0 Å². The second-order valence-electron chi connectivity index (χ2n) is 5.35. The second-order valence-corrected chi connectivity index (χ2v) is 5.74. The first-order valence-corrected chi connectivity index (χ1v) is 6.99. The van der Waals surface area contributed by atoms with Gasteiger partial charge in [0.2, 0.25) is 0 Å². The number of hydrogen-bond donors (Lipinski definition) is 1. The molecule has 1 saturated carbocycles. The first kappa shape index (κ1) is 14.3. The maximum absolute atomic E-state index is 12.1. The predicted molar refractivity (Wildman–Crippen MR) is 76.5 cm³/mol. The molecule has 0 bridgehead atoms. The highest BCUT2D eigenvalue weighted by Gasteiger charge is 2.36. The normalized spacial score (nSPS) is 17.7. The Morgan fingerprint density at radius 3 is 2.68 bits per heavy atom. The quantitative estimate of drug-likeness (QED) is 0.862. The van der Waals surface area contributed by atoms with Crippen molar-refractivity contribution in [2.24, 2.45) is 0 Å². The van der Waals surface area contributed by atoms with Gasteiger partial charge in [0.25, 0.3) is 5.91 Å². The minimum absolute atomic E-state index is 0.0915. The van der Waals surface area contributed by atoms with E-state index in [-0.39, 0.29) is 11.4 Å². The molecule has 1 fully saturated rings. The van der Waals surface area contributed by atoms with E-state index >= 15 is 0 Å². The zero-order valence-electron chi connectivity index (χ0n) is 11.4. The van der Waals surface area contributed by atoms with Crippen LogP contribution in [0.25, 0.3) is 0 Å². The van der Waals surface area contributed by atoms with E-state index in [1.807, 2.05) is 0 Å². The lowest BCUT2D eigenvalue weighted by atomic mass is 9.96. The molecule has 0 saturated heterocycles. The number of aromatic nitrogens is 1. The molecule has 0 aliphatic heterocycles. The van der Waals surface area contributed by atoms with Gasteiger partial charge in [0.1, 0.15) is 10.8 Å². The van der Waals surface area contributed by atoms with Crippen LogP contribution < -0.4 is 5.32 Å². The van der Waals surface area contributed by atoms with Gasteiger partial charge >= 0.3 is 0 Å². The first-order chi connectivity index (χ1) is 9.03. The molecule has 1 aromatic heterocycles. The average molecular weight is 282 g/mol. The van der Waals surface area contributed by atoms with Gasteiger partial charge in [-0.3, -0.25) is 4.79 Å². The number of hydrogen-bond acceptors (Lipinski definition) is 3. The van der Waals surface area contributed by atoms with Crippen molar-refractivity contribution in [1.82, 2.24) is 15.2 Å². The van der Waals surface area contributed by atoms with Crippen LogP contribution in [0.4, 0.5) is 0 Å². The number of likely N-dealkylation sites (N-methyl/N-ethyl adjacent to an activating group) is 1. The van der Waals surface area contributed by atoms with Gasteiger partial charge < -0.3 is 10.2 Å². The first-order valence-electron chi connectivity index (χ1n) is 6.62. The van der Waals surface area contributed by atoms with Crippen molar-refractivity contribution >= 4 is 17.5 Å². The van der Waals surface area contributed by atoms with Crippen molar-refractivity contribution < 1.29 is 4.79 Å². The molecule has 2 rings (SSSR count). The van der Waals surface area contributed by atoms with Crippen molar-refractivity contribution in [3.8, 4) is 0 Å². The topological polar surface area (TPSA) is 45.2 Å². The monoisotopic (exact) mass is 281 g/mol. The number of carbonyl (C=O) groups is 1. The summed E-state index contributed by atoms with van der Waals surface area (Å²) in [7, 11) is 4.16. The summed E-state index contributed by atoms with van der Waals surface area (Å²) in [6.45, 7) is 0.660. The van der Waals surface area contributed by atoms with Crippen LogP contribution in [0.3, 0.4) is 0 Å². The Kier molecular flexibility index (Phi) is 4.42. The standard InChI is InChI=1S/C14H20ClN3O/c1-18(2)14(8-3-4-9-14)10-16-13(19)11-6-5-7-12(15)17-11/h5-7H,3-4,8-10H2,1-2H3,(H,16,19). The number of rotatable bonds is 4. The third-order valence-corrected chi connectivity index (χ3v) is 4.22. The van der Waals surface area contributed by atoms with E-state index in [0.717, 1.165) is 12.8 Å². The van der Waals surface area contributed by atoms with E-state index in [1.165, 1.54) is 12.8 Å². The van der Waals surface area contributed by atoms with E-state index in [2.05, 4.69) is 29.3 Å². The lowest BCUT2D eigenvalue weighted by Gasteiger charge is -2.36. The summed E-state index contributed by atoms with van der Waals surface area (Å²) in [6, 6.07) is 5.08. The molecule has 4 nitrogen and oxygen atoms in total. The molecule has 1 aliphatic carbocycles. The van der Waals surface area contributed by atoms with Crippen molar-refractivity contribution in [3.63, 3.8) is 0 Å². The fraction of sp³-hybridized carbons (Fsp3) is 0.571. The summed E-state index contributed by atoms with van der Waals surface area (Å²) in [6.07, 6.45) is 4.71. The SMILES string of the molecule is CN(C)C1(CNC(=O)c2cccc(Cl)n2)CCCC1. The van der Waals surface area contributed by atoms with Crippen LogP contribution >= 0.6 is 11.6 Å². The summed E-state index contributed by atoms with van der Waals surface area (Å²) in [5.74, 6) is -0.157. The summed E-state index contributed by atoms with van der Waals surface area (Å²) < 4.78 is 0. The minimum Gasteiger partial charge on any atom is -0.349 e. The maximum Gasteiger partial charge on any atom is 0.270 e. The Labute approximate surface area is 119 Å². The summed E-state index contributed by atoms with van der Waals surface area (Å²) in [5.41, 5.74) is 0.466. The molecule has 5 heteroatoms. The van der Waals surface area contributed by atoms with Crippen LogP contribution in [0.15, 0.2) is 18.2 Å². The van der Waals surface area contributed by atoms with Crippen LogP contribution in [-0.2, 0) is 0 Å². The Morgan fingerprint density at radius 1 is 1.42 bits per heavy atom. The van der Waals surface area contributed by atoms with E-state index in [1.54, 1.807) is 18.2 Å².